The minimum Gasteiger partial charge on any atom is -0.378 e. The number of hydrogen-bond donors (Lipinski definition) is 1. The summed E-state index contributed by atoms with van der Waals surface area (Å²) in [5, 5.41) is 3.51. The molecule has 1 aromatic carbocycles. The molecule has 0 saturated carbocycles. The van der Waals surface area contributed by atoms with E-state index < -0.39 is 0 Å². The molecule has 1 atom stereocenters. The zero-order chi connectivity index (χ0) is 14.7. The van der Waals surface area contributed by atoms with Crippen LogP contribution in [0.25, 0.3) is 0 Å². The summed E-state index contributed by atoms with van der Waals surface area (Å²) >= 11 is 0. The second-order valence-corrected chi connectivity index (χ2v) is 5.49. The van der Waals surface area contributed by atoms with Crippen molar-refractivity contribution in [3.63, 3.8) is 0 Å². The van der Waals surface area contributed by atoms with E-state index in [4.69, 9.17) is 4.74 Å². The number of ether oxygens (including phenoxy) is 1. The Kier molecular flexibility index (Phi) is 4.41. The molecule has 0 bridgehead atoms. The van der Waals surface area contributed by atoms with Crippen molar-refractivity contribution in [1.29, 1.82) is 0 Å². The Morgan fingerprint density at radius 3 is 2.81 bits per heavy atom. The Morgan fingerprint density at radius 1 is 1.29 bits per heavy atom. The molecule has 5 nitrogen and oxygen atoms in total. The summed E-state index contributed by atoms with van der Waals surface area (Å²) in [6.45, 7) is 6.49. The summed E-state index contributed by atoms with van der Waals surface area (Å²) in [5.41, 5.74) is 2.28. The van der Waals surface area contributed by atoms with E-state index in [1.807, 2.05) is 21.9 Å². The number of nitrogens with zero attached hydrogens (tertiary/aromatic N) is 2. The van der Waals surface area contributed by atoms with E-state index in [0.29, 0.717) is 32.3 Å². The van der Waals surface area contributed by atoms with Crippen LogP contribution in [0.3, 0.4) is 0 Å². The highest BCUT2D eigenvalue weighted by molar-refractivity contribution is 5.93. The van der Waals surface area contributed by atoms with E-state index in [2.05, 4.69) is 24.4 Å². The van der Waals surface area contributed by atoms with Crippen molar-refractivity contribution < 1.29 is 9.53 Å². The third-order valence-electron chi connectivity index (χ3n) is 4.21. The summed E-state index contributed by atoms with van der Waals surface area (Å²) in [5.74, 6) is 0. The second-order valence-electron chi connectivity index (χ2n) is 5.49. The molecule has 1 unspecified atom stereocenters. The number of fused-ring (bicyclic) bond motifs is 1. The number of nitrogens with one attached hydrogen (secondary N) is 1. The van der Waals surface area contributed by atoms with Gasteiger partial charge in [-0.15, -0.1) is 0 Å². The van der Waals surface area contributed by atoms with Crippen LogP contribution in [0, 0.1) is 0 Å². The van der Waals surface area contributed by atoms with Crippen molar-refractivity contribution in [2.45, 2.75) is 19.4 Å². The van der Waals surface area contributed by atoms with Crippen LogP contribution in [0.15, 0.2) is 24.3 Å². The SMILES string of the molecule is CCNC1CCN(C(=O)N2CCOCC2)c2ccccc21. The normalized spacial score (nSPS) is 22.0. The lowest BCUT2D eigenvalue weighted by Gasteiger charge is -2.38. The fraction of sp³-hybridized carbons (Fsp3) is 0.562. The highest BCUT2D eigenvalue weighted by Gasteiger charge is 2.31. The number of carbonyl (C=O) groups excluding carboxylic acids is 1. The van der Waals surface area contributed by atoms with E-state index in [1.165, 1.54) is 5.56 Å². The van der Waals surface area contributed by atoms with Crippen LogP contribution in [0.4, 0.5) is 10.5 Å². The molecule has 5 heteroatoms. The van der Waals surface area contributed by atoms with Gasteiger partial charge in [-0.2, -0.15) is 0 Å². The minimum atomic E-state index is 0.112. The first-order valence-corrected chi connectivity index (χ1v) is 7.77. The van der Waals surface area contributed by atoms with Gasteiger partial charge in [0.05, 0.1) is 18.9 Å². The van der Waals surface area contributed by atoms with Gasteiger partial charge in [-0.1, -0.05) is 25.1 Å². The highest BCUT2D eigenvalue weighted by Crippen LogP contribution is 2.34. The van der Waals surface area contributed by atoms with Crippen molar-refractivity contribution >= 4 is 11.7 Å². The van der Waals surface area contributed by atoms with Gasteiger partial charge in [0.25, 0.3) is 0 Å². The Balaban J connectivity index is 1.83. The second kappa shape index (κ2) is 6.45. The summed E-state index contributed by atoms with van der Waals surface area (Å²) < 4.78 is 5.33. The Labute approximate surface area is 125 Å². The molecular weight excluding hydrogens is 266 g/mol. The Hall–Kier alpha value is -1.59. The molecule has 2 amide bonds. The van der Waals surface area contributed by atoms with Gasteiger partial charge in [-0.05, 0) is 24.6 Å². The van der Waals surface area contributed by atoms with Crippen LogP contribution in [0.1, 0.15) is 24.9 Å². The van der Waals surface area contributed by atoms with Crippen LogP contribution in [0.5, 0.6) is 0 Å². The smallest absolute Gasteiger partial charge is 0.324 e. The van der Waals surface area contributed by atoms with Crippen molar-refractivity contribution in [2.75, 3.05) is 44.3 Å². The molecule has 0 aliphatic carbocycles. The van der Waals surface area contributed by atoms with Gasteiger partial charge in [0.2, 0.25) is 0 Å². The van der Waals surface area contributed by atoms with Crippen LogP contribution in [-0.2, 0) is 4.74 Å². The van der Waals surface area contributed by atoms with Gasteiger partial charge in [0.15, 0.2) is 0 Å². The molecule has 2 heterocycles. The first-order valence-electron chi connectivity index (χ1n) is 7.77. The fourth-order valence-corrected chi connectivity index (χ4v) is 3.14. The number of anilines is 1. The average molecular weight is 289 g/mol. The first-order chi connectivity index (χ1) is 10.3. The largest absolute Gasteiger partial charge is 0.378 e. The van der Waals surface area contributed by atoms with E-state index >= 15 is 0 Å². The molecule has 2 aliphatic heterocycles. The lowest BCUT2D eigenvalue weighted by Crippen LogP contribution is -2.50. The zero-order valence-electron chi connectivity index (χ0n) is 12.5. The number of para-hydroxylation sites is 1. The number of hydrogen-bond acceptors (Lipinski definition) is 3. The van der Waals surface area contributed by atoms with Gasteiger partial charge in [0, 0.05) is 25.7 Å². The number of amides is 2. The third-order valence-corrected chi connectivity index (χ3v) is 4.21. The molecule has 3 rings (SSSR count). The predicted octanol–water partition coefficient (Wildman–Crippen LogP) is 2.00. The van der Waals surface area contributed by atoms with Crippen LogP contribution >= 0.6 is 0 Å². The maximum atomic E-state index is 12.8. The van der Waals surface area contributed by atoms with E-state index in [9.17, 15) is 4.79 Å². The number of benzene rings is 1. The first kappa shape index (κ1) is 14.4. The number of morpholine rings is 1. The molecule has 1 N–H and O–H groups in total. The van der Waals surface area contributed by atoms with E-state index in [1.54, 1.807) is 0 Å². The summed E-state index contributed by atoms with van der Waals surface area (Å²) in [6, 6.07) is 8.69. The fourth-order valence-electron chi connectivity index (χ4n) is 3.14. The molecule has 1 saturated heterocycles. The van der Waals surface area contributed by atoms with Gasteiger partial charge in [-0.3, -0.25) is 4.90 Å². The molecule has 114 valence electrons. The lowest BCUT2D eigenvalue weighted by atomic mass is 9.96. The predicted molar refractivity (Wildman–Crippen MR) is 82.6 cm³/mol. The van der Waals surface area contributed by atoms with E-state index in [0.717, 1.165) is 25.2 Å². The third kappa shape index (κ3) is 2.89. The van der Waals surface area contributed by atoms with Crippen molar-refractivity contribution in [1.82, 2.24) is 10.2 Å². The van der Waals surface area contributed by atoms with Gasteiger partial charge in [0.1, 0.15) is 0 Å². The molecule has 0 aromatic heterocycles. The molecule has 0 radical (unpaired) electrons. The van der Waals surface area contributed by atoms with Crippen LogP contribution in [0.2, 0.25) is 0 Å². The van der Waals surface area contributed by atoms with Gasteiger partial charge < -0.3 is 15.0 Å². The molecule has 1 aromatic rings. The zero-order valence-corrected chi connectivity index (χ0v) is 12.5. The maximum Gasteiger partial charge on any atom is 0.324 e. The topological polar surface area (TPSA) is 44.8 Å². The van der Waals surface area contributed by atoms with Crippen LogP contribution < -0.4 is 10.2 Å². The molecular formula is C16H23N3O2. The van der Waals surface area contributed by atoms with Gasteiger partial charge >= 0.3 is 6.03 Å². The van der Waals surface area contributed by atoms with E-state index in [-0.39, 0.29) is 6.03 Å². The molecule has 0 spiro atoms. The lowest BCUT2D eigenvalue weighted by molar-refractivity contribution is 0.0547. The number of urea groups is 1. The van der Waals surface area contributed by atoms with Crippen LogP contribution in [-0.4, -0.2) is 50.3 Å². The maximum absolute atomic E-state index is 12.8. The summed E-state index contributed by atoms with van der Waals surface area (Å²) in [6.07, 6.45) is 0.959. The Bertz CT molecular complexity index is 500. The van der Waals surface area contributed by atoms with Crippen molar-refractivity contribution in [2.24, 2.45) is 0 Å². The standard InChI is InChI=1S/C16H23N3O2/c1-2-17-14-7-8-19(15-6-4-3-5-13(14)15)16(20)18-9-11-21-12-10-18/h3-6,14,17H,2,7-12H2,1H3. The Morgan fingerprint density at radius 2 is 2.05 bits per heavy atom. The quantitative estimate of drug-likeness (QED) is 0.905. The summed E-state index contributed by atoms with van der Waals surface area (Å²) in [4.78, 5) is 16.6. The van der Waals surface area contributed by atoms with Gasteiger partial charge in [-0.25, -0.2) is 4.79 Å². The highest BCUT2D eigenvalue weighted by atomic mass is 16.5. The van der Waals surface area contributed by atoms with Crippen molar-refractivity contribution in [3.8, 4) is 0 Å². The number of carbonyl (C=O) groups is 1. The molecule has 2 aliphatic rings. The number of rotatable bonds is 2. The summed E-state index contributed by atoms with van der Waals surface area (Å²) in [7, 11) is 0. The van der Waals surface area contributed by atoms with Crippen molar-refractivity contribution in [3.05, 3.63) is 29.8 Å². The molecule has 1 fully saturated rings. The molecule has 21 heavy (non-hydrogen) atoms. The average Bonchev–Trinajstić information content (AvgIpc) is 2.56. The monoisotopic (exact) mass is 289 g/mol. The minimum absolute atomic E-state index is 0.112.